The molecule has 0 saturated carbocycles. The van der Waals surface area contributed by atoms with Crippen molar-refractivity contribution in [3.05, 3.63) is 70.6 Å². The Kier molecular flexibility index (Phi) is 6.99. The lowest BCUT2D eigenvalue weighted by atomic mass is 10.1. The molecule has 1 aromatic heterocycles. The van der Waals surface area contributed by atoms with Crippen molar-refractivity contribution >= 4 is 17.5 Å². The summed E-state index contributed by atoms with van der Waals surface area (Å²) in [5.41, 5.74) is 2.30. The van der Waals surface area contributed by atoms with Crippen molar-refractivity contribution < 1.29 is 9.21 Å². The van der Waals surface area contributed by atoms with Gasteiger partial charge in [-0.25, -0.2) is 0 Å². The molecule has 3 rings (SSSR count). The molecule has 29 heavy (non-hydrogen) atoms. The zero-order valence-electron chi connectivity index (χ0n) is 16.1. The number of carbonyl (C=O) groups excluding carboxylic acids is 1. The van der Waals surface area contributed by atoms with Crippen LogP contribution in [0.1, 0.15) is 36.8 Å². The van der Waals surface area contributed by atoms with Crippen LogP contribution in [0.15, 0.2) is 52.9 Å². The first kappa shape index (κ1) is 20.6. The Labute approximate surface area is 174 Å². The number of halogens is 1. The lowest BCUT2D eigenvalue weighted by molar-refractivity contribution is -0.132. The van der Waals surface area contributed by atoms with Gasteiger partial charge < -0.3 is 9.32 Å². The van der Waals surface area contributed by atoms with E-state index >= 15 is 0 Å². The highest BCUT2D eigenvalue weighted by Crippen LogP contribution is 2.26. The molecule has 1 heterocycles. The van der Waals surface area contributed by atoms with Crippen molar-refractivity contribution in [2.45, 2.75) is 32.7 Å². The van der Waals surface area contributed by atoms with Crippen LogP contribution in [0.4, 0.5) is 0 Å². The van der Waals surface area contributed by atoms with Crippen molar-refractivity contribution in [1.29, 1.82) is 5.26 Å². The standard InChI is InChI=1S/C22H21ClN4O2/c1-2-13-27(21(28)12-11-16-7-9-17(14-24)10-8-16)15-20-25-26-22(29-20)18-5-3-4-6-19(18)23/h3-10H,2,11-13,15H2,1H3. The number of benzene rings is 2. The van der Waals surface area contributed by atoms with Crippen LogP contribution in [0.2, 0.25) is 5.02 Å². The first-order valence-electron chi connectivity index (χ1n) is 9.44. The SMILES string of the molecule is CCCN(Cc1nnc(-c2ccccc2Cl)o1)C(=O)CCc1ccc(C#N)cc1. The Bertz CT molecular complexity index is 1010. The van der Waals surface area contributed by atoms with E-state index in [1.54, 1.807) is 23.1 Å². The van der Waals surface area contributed by atoms with Crippen molar-refractivity contribution in [3.63, 3.8) is 0 Å². The van der Waals surface area contributed by atoms with Gasteiger partial charge in [0, 0.05) is 13.0 Å². The van der Waals surface area contributed by atoms with E-state index < -0.39 is 0 Å². The maximum atomic E-state index is 12.7. The fraction of sp³-hybridized carbons (Fsp3) is 0.273. The molecule has 2 aromatic carbocycles. The van der Waals surface area contributed by atoms with Gasteiger partial charge in [-0.2, -0.15) is 5.26 Å². The number of nitrogens with zero attached hydrogens (tertiary/aromatic N) is 4. The van der Waals surface area contributed by atoms with Gasteiger partial charge in [0.2, 0.25) is 17.7 Å². The minimum absolute atomic E-state index is 0.0219. The highest BCUT2D eigenvalue weighted by Gasteiger charge is 2.18. The summed E-state index contributed by atoms with van der Waals surface area (Å²) in [6.07, 6.45) is 1.81. The minimum atomic E-state index is 0.0219. The summed E-state index contributed by atoms with van der Waals surface area (Å²) in [5, 5.41) is 17.5. The van der Waals surface area contributed by atoms with Gasteiger partial charge in [-0.3, -0.25) is 4.79 Å². The first-order valence-corrected chi connectivity index (χ1v) is 9.82. The van der Waals surface area contributed by atoms with Crippen LogP contribution in [-0.4, -0.2) is 27.5 Å². The largest absolute Gasteiger partial charge is 0.419 e. The molecule has 0 bridgehead atoms. The highest BCUT2D eigenvalue weighted by atomic mass is 35.5. The molecule has 0 aliphatic carbocycles. The van der Waals surface area contributed by atoms with E-state index in [4.69, 9.17) is 21.3 Å². The van der Waals surface area contributed by atoms with Crippen LogP contribution < -0.4 is 0 Å². The van der Waals surface area contributed by atoms with Gasteiger partial charge in [0.25, 0.3) is 0 Å². The predicted octanol–water partition coefficient (Wildman–Crippen LogP) is 4.63. The molecular formula is C22H21ClN4O2. The zero-order chi connectivity index (χ0) is 20.6. The maximum Gasteiger partial charge on any atom is 0.249 e. The third-order valence-electron chi connectivity index (χ3n) is 4.45. The third kappa shape index (κ3) is 5.43. The van der Waals surface area contributed by atoms with Gasteiger partial charge in [0.15, 0.2) is 0 Å². The summed E-state index contributed by atoms with van der Waals surface area (Å²) in [7, 11) is 0. The van der Waals surface area contributed by atoms with Crippen LogP contribution in [-0.2, 0) is 17.8 Å². The summed E-state index contributed by atoms with van der Waals surface area (Å²) in [6, 6.07) is 16.6. The fourth-order valence-corrected chi connectivity index (χ4v) is 3.16. The van der Waals surface area contributed by atoms with Crippen molar-refractivity contribution in [2.24, 2.45) is 0 Å². The first-order chi connectivity index (χ1) is 14.1. The van der Waals surface area contributed by atoms with E-state index in [-0.39, 0.29) is 12.5 Å². The van der Waals surface area contributed by atoms with Gasteiger partial charge in [-0.1, -0.05) is 42.8 Å². The second-order valence-corrected chi connectivity index (χ2v) is 7.01. The van der Waals surface area contributed by atoms with Crippen LogP contribution in [0, 0.1) is 11.3 Å². The highest BCUT2D eigenvalue weighted by molar-refractivity contribution is 6.33. The Hall–Kier alpha value is -3.17. The van der Waals surface area contributed by atoms with Gasteiger partial charge in [0.1, 0.15) is 0 Å². The molecule has 0 spiro atoms. The van der Waals surface area contributed by atoms with E-state index in [9.17, 15) is 4.79 Å². The summed E-state index contributed by atoms with van der Waals surface area (Å²) in [6.45, 7) is 2.89. The van der Waals surface area contributed by atoms with E-state index in [1.165, 1.54) is 0 Å². The number of aromatic nitrogens is 2. The zero-order valence-corrected chi connectivity index (χ0v) is 16.9. The monoisotopic (exact) mass is 408 g/mol. The van der Waals surface area contributed by atoms with E-state index in [1.807, 2.05) is 37.3 Å². The summed E-state index contributed by atoms with van der Waals surface area (Å²) in [4.78, 5) is 14.5. The number of hydrogen-bond donors (Lipinski definition) is 0. The molecule has 3 aromatic rings. The quantitative estimate of drug-likeness (QED) is 0.542. The molecule has 148 valence electrons. The molecule has 0 fully saturated rings. The van der Waals surface area contributed by atoms with E-state index in [2.05, 4.69) is 16.3 Å². The van der Waals surface area contributed by atoms with Gasteiger partial charge in [0.05, 0.1) is 28.8 Å². The van der Waals surface area contributed by atoms with Gasteiger partial charge in [-0.15, -0.1) is 10.2 Å². The van der Waals surface area contributed by atoms with Crippen molar-refractivity contribution in [1.82, 2.24) is 15.1 Å². The number of aryl methyl sites for hydroxylation is 1. The second kappa shape index (κ2) is 9.85. The number of nitriles is 1. The Morgan fingerprint density at radius 2 is 1.93 bits per heavy atom. The smallest absolute Gasteiger partial charge is 0.249 e. The maximum absolute atomic E-state index is 12.7. The molecule has 0 saturated heterocycles. The van der Waals surface area contributed by atoms with E-state index in [0.29, 0.717) is 47.3 Å². The molecule has 0 radical (unpaired) electrons. The Morgan fingerprint density at radius 1 is 1.17 bits per heavy atom. The summed E-state index contributed by atoms with van der Waals surface area (Å²) < 4.78 is 5.73. The number of amides is 1. The Morgan fingerprint density at radius 3 is 2.62 bits per heavy atom. The lowest BCUT2D eigenvalue weighted by Crippen LogP contribution is -2.31. The predicted molar refractivity (Wildman–Crippen MR) is 110 cm³/mol. The summed E-state index contributed by atoms with van der Waals surface area (Å²) >= 11 is 6.18. The molecule has 0 unspecified atom stereocenters. The number of carbonyl (C=O) groups is 1. The molecule has 0 atom stereocenters. The average molecular weight is 409 g/mol. The molecule has 6 nitrogen and oxygen atoms in total. The fourth-order valence-electron chi connectivity index (χ4n) is 2.94. The number of rotatable bonds is 8. The molecular weight excluding hydrogens is 388 g/mol. The van der Waals surface area contributed by atoms with E-state index in [0.717, 1.165) is 12.0 Å². The van der Waals surface area contributed by atoms with Crippen LogP contribution in [0.3, 0.4) is 0 Å². The molecule has 0 N–H and O–H groups in total. The van der Waals surface area contributed by atoms with Crippen LogP contribution in [0.25, 0.3) is 11.5 Å². The topological polar surface area (TPSA) is 83.0 Å². The van der Waals surface area contributed by atoms with Crippen LogP contribution in [0.5, 0.6) is 0 Å². The van der Waals surface area contributed by atoms with Crippen molar-refractivity contribution in [2.75, 3.05) is 6.54 Å². The Balaban J connectivity index is 1.64. The molecule has 1 amide bonds. The molecule has 0 aliphatic heterocycles. The van der Waals surface area contributed by atoms with Gasteiger partial charge >= 0.3 is 0 Å². The van der Waals surface area contributed by atoms with Gasteiger partial charge in [-0.05, 0) is 42.7 Å². The average Bonchev–Trinajstić information content (AvgIpc) is 3.20. The van der Waals surface area contributed by atoms with Crippen LogP contribution >= 0.6 is 11.6 Å². The molecule has 7 heteroatoms. The van der Waals surface area contributed by atoms with Crippen molar-refractivity contribution in [3.8, 4) is 17.5 Å². The normalized spacial score (nSPS) is 10.5. The second-order valence-electron chi connectivity index (χ2n) is 6.60. The summed E-state index contributed by atoms with van der Waals surface area (Å²) in [5.74, 6) is 0.737. The number of hydrogen-bond acceptors (Lipinski definition) is 5. The third-order valence-corrected chi connectivity index (χ3v) is 4.78. The lowest BCUT2D eigenvalue weighted by Gasteiger charge is -2.20. The minimum Gasteiger partial charge on any atom is -0.419 e. The molecule has 0 aliphatic rings.